The summed E-state index contributed by atoms with van der Waals surface area (Å²) in [5.74, 6) is -0.157. The summed E-state index contributed by atoms with van der Waals surface area (Å²) in [5.41, 5.74) is 0.935. The fourth-order valence-electron chi connectivity index (χ4n) is 2.47. The molecule has 1 atom stereocenters. The van der Waals surface area contributed by atoms with Crippen molar-refractivity contribution < 1.29 is 19.5 Å². The molecule has 1 unspecified atom stereocenters. The lowest BCUT2D eigenvalue weighted by atomic mass is 9.98. The second-order valence-corrected chi connectivity index (χ2v) is 5.32. The van der Waals surface area contributed by atoms with E-state index in [0.29, 0.717) is 19.7 Å². The van der Waals surface area contributed by atoms with Crippen LogP contribution in [0.2, 0.25) is 0 Å². The highest BCUT2D eigenvalue weighted by atomic mass is 16.6. The predicted octanol–water partition coefficient (Wildman–Crippen LogP) is 1.84. The van der Waals surface area contributed by atoms with Crippen LogP contribution in [0.25, 0.3) is 0 Å². The molecule has 1 fully saturated rings. The van der Waals surface area contributed by atoms with Gasteiger partial charge in [-0.2, -0.15) is 0 Å². The number of ether oxygens (including phenoxy) is 1. The lowest BCUT2D eigenvalue weighted by Gasteiger charge is -2.29. The fourth-order valence-corrected chi connectivity index (χ4v) is 2.47. The number of carboxylic acids is 1. The molecule has 0 bridgehead atoms. The molecule has 0 aliphatic carbocycles. The van der Waals surface area contributed by atoms with E-state index in [0.717, 1.165) is 30.7 Å². The van der Waals surface area contributed by atoms with Gasteiger partial charge in [-0.1, -0.05) is 5.16 Å². The summed E-state index contributed by atoms with van der Waals surface area (Å²) in [6.45, 7) is 2.68. The third-order valence-electron chi connectivity index (χ3n) is 3.75. The van der Waals surface area contributed by atoms with Gasteiger partial charge in [0, 0.05) is 13.1 Å². The smallest absolute Gasteiger partial charge is 0.307 e. The lowest BCUT2D eigenvalue weighted by Crippen LogP contribution is -2.40. The van der Waals surface area contributed by atoms with Crippen LogP contribution in [0.5, 0.6) is 5.75 Å². The highest BCUT2D eigenvalue weighted by Crippen LogP contribution is 2.16. The summed E-state index contributed by atoms with van der Waals surface area (Å²) in [4.78, 5) is 18.3. The molecule has 0 aromatic heterocycles. The van der Waals surface area contributed by atoms with Crippen LogP contribution in [0, 0.1) is 5.92 Å². The molecule has 2 rings (SSSR count). The number of methoxy groups -OCH3 is 1. The molecule has 1 aromatic rings. The summed E-state index contributed by atoms with van der Waals surface area (Å²) in [5, 5.41) is 13.0. The fraction of sp³-hybridized carbons (Fsp3) is 0.500. The van der Waals surface area contributed by atoms with Crippen LogP contribution in [0.15, 0.2) is 29.4 Å². The van der Waals surface area contributed by atoms with Crippen LogP contribution in [-0.2, 0) is 9.63 Å². The van der Waals surface area contributed by atoms with E-state index in [1.165, 1.54) is 0 Å². The Kier molecular flexibility index (Phi) is 6.21. The molecule has 120 valence electrons. The molecule has 0 spiro atoms. The van der Waals surface area contributed by atoms with Gasteiger partial charge < -0.3 is 14.7 Å². The average Bonchev–Trinajstić information content (AvgIpc) is 2.55. The predicted molar refractivity (Wildman–Crippen MR) is 83.3 cm³/mol. The van der Waals surface area contributed by atoms with Crippen molar-refractivity contribution in [3.05, 3.63) is 29.8 Å². The Morgan fingerprint density at radius 2 is 2.23 bits per heavy atom. The monoisotopic (exact) mass is 306 g/mol. The van der Waals surface area contributed by atoms with Crippen molar-refractivity contribution in [2.75, 3.05) is 33.4 Å². The third-order valence-corrected chi connectivity index (χ3v) is 3.75. The molecule has 0 amide bonds. The maximum atomic E-state index is 11.0. The standard InChI is InChI=1S/C16H22N2O4/c1-21-15-6-4-13(5-7-15)11-17-22-10-9-18-8-2-3-14(12-18)16(19)20/h4-7,11,14H,2-3,8-10,12H2,1H3,(H,19,20)/b17-11+. The number of benzene rings is 1. The Bertz CT molecular complexity index is 501. The third kappa shape index (κ3) is 5.04. The Balaban J connectivity index is 1.67. The van der Waals surface area contributed by atoms with Crippen LogP contribution in [0.4, 0.5) is 0 Å². The SMILES string of the molecule is COc1ccc(/C=N/OCCN2CCCC(C(=O)O)C2)cc1. The van der Waals surface area contributed by atoms with E-state index in [2.05, 4.69) is 10.1 Å². The van der Waals surface area contributed by atoms with Crippen molar-refractivity contribution in [1.29, 1.82) is 0 Å². The van der Waals surface area contributed by atoms with Crippen LogP contribution in [0.1, 0.15) is 18.4 Å². The molecular weight excluding hydrogens is 284 g/mol. The quantitative estimate of drug-likeness (QED) is 0.473. The topological polar surface area (TPSA) is 71.4 Å². The van der Waals surface area contributed by atoms with Crippen LogP contribution in [-0.4, -0.2) is 55.5 Å². The van der Waals surface area contributed by atoms with E-state index < -0.39 is 5.97 Å². The van der Waals surface area contributed by atoms with Crippen molar-refractivity contribution >= 4 is 12.2 Å². The van der Waals surface area contributed by atoms with E-state index >= 15 is 0 Å². The van der Waals surface area contributed by atoms with Gasteiger partial charge in [0.15, 0.2) is 0 Å². The van der Waals surface area contributed by atoms with E-state index in [1.54, 1.807) is 13.3 Å². The number of piperidine rings is 1. The molecular formula is C16H22N2O4. The number of likely N-dealkylation sites (tertiary alicyclic amines) is 1. The number of nitrogens with zero attached hydrogens (tertiary/aromatic N) is 2. The first kappa shape index (κ1) is 16.3. The Labute approximate surface area is 130 Å². The van der Waals surface area contributed by atoms with Crippen LogP contribution >= 0.6 is 0 Å². The summed E-state index contributed by atoms with van der Waals surface area (Å²) in [6, 6.07) is 7.52. The maximum Gasteiger partial charge on any atom is 0.307 e. The van der Waals surface area contributed by atoms with Gasteiger partial charge in [0.1, 0.15) is 12.4 Å². The number of oxime groups is 1. The molecule has 1 N–H and O–H groups in total. The van der Waals surface area contributed by atoms with E-state index in [4.69, 9.17) is 14.7 Å². The van der Waals surface area contributed by atoms with Gasteiger partial charge in [0.25, 0.3) is 0 Å². The van der Waals surface area contributed by atoms with Crippen molar-refractivity contribution in [2.45, 2.75) is 12.8 Å². The Morgan fingerprint density at radius 1 is 1.45 bits per heavy atom. The van der Waals surface area contributed by atoms with Crippen molar-refractivity contribution in [2.24, 2.45) is 11.1 Å². The first-order valence-corrected chi connectivity index (χ1v) is 7.43. The largest absolute Gasteiger partial charge is 0.497 e. The minimum Gasteiger partial charge on any atom is -0.497 e. The number of hydrogen-bond acceptors (Lipinski definition) is 5. The van der Waals surface area contributed by atoms with E-state index in [1.807, 2.05) is 24.3 Å². The minimum atomic E-state index is -0.705. The van der Waals surface area contributed by atoms with Crippen LogP contribution in [0.3, 0.4) is 0 Å². The van der Waals surface area contributed by atoms with E-state index in [9.17, 15) is 4.79 Å². The summed E-state index contributed by atoms with van der Waals surface area (Å²) in [7, 11) is 1.63. The van der Waals surface area contributed by atoms with Crippen molar-refractivity contribution in [3.8, 4) is 5.75 Å². The molecule has 6 nitrogen and oxygen atoms in total. The van der Waals surface area contributed by atoms with Crippen molar-refractivity contribution in [1.82, 2.24) is 4.90 Å². The maximum absolute atomic E-state index is 11.0. The van der Waals surface area contributed by atoms with Gasteiger partial charge in [0.05, 0.1) is 19.2 Å². The second kappa shape index (κ2) is 8.38. The van der Waals surface area contributed by atoms with E-state index in [-0.39, 0.29) is 5.92 Å². The zero-order chi connectivity index (χ0) is 15.8. The summed E-state index contributed by atoms with van der Waals surface area (Å²) >= 11 is 0. The molecule has 1 aliphatic heterocycles. The van der Waals surface area contributed by atoms with Crippen molar-refractivity contribution in [3.63, 3.8) is 0 Å². The zero-order valence-electron chi connectivity index (χ0n) is 12.8. The molecule has 22 heavy (non-hydrogen) atoms. The summed E-state index contributed by atoms with van der Waals surface area (Å²) in [6.07, 6.45) is 3.34. The van der Waals surface area contributed by atoms with Gasteiger partial charge >= 0.3 is 5.97 Å². The molecule has 1 heterocycles. The van der Waals surface area contributed by atoms with Crippen LogP contribution < -0.4 is 4.74 Å². The minimum absolute atomic E-state index is 0.253. The first-order chi connectivity index (χ1) is 10.7. The first-order valence-electron chi connectivity index (χ1n) is 7.43. The molecule has 0 saturated carbocycles. The number of rotatable bonds is 7. The van der Waals surface area contributed by atoms with Gasteiger partial charge in [-0.05, 0) is 49.2 Å². The Morgan fingerprint density at radius 3 is 2.91 bits per heavy atom. The van der Waals surface area contributed by atoms with Gasteiger partial charge in [0.2, 0.25) is 0 Å². The molecule has 1 aliphatic rings. The number of aliphatic carboxylic acids is 1. The van der Waals surface area contributed by atoms with Gasteiger partial charge in [-0.15, -0.1) is 0 Å². The summed E-state index contributed by atoms with van der Waals surface area (Å²) < 4.78 is 5.08. The second-order valence-electron chi connectivity index (χ2n) is 5.32. The number of carbonyl (C=O) groups is 1. The van der Waals surface area contributed by atoms with Gasteiger partial charge in [-0.25, -0.2) is 0 Å². The average molecular weight is 306 g/mol. The van der Waals surface area contributed by atoms with Gasteiger partial charge in [-0.3, -0.25) is 9.69 Å². The molecule has 1 aromatic carbocycles. The normalized spacial score (nSPS) is 19.2. The highest BCUT2D eigenvalue weighted by molar-refractivity contribution is 5.79. The molecule has 0 radical (unpaired) electrons. The zero-order valence-corrected chi connectivity index (χ0v) is 12.8. The number of hydrogen-bond donors (Lipinski definition) is 1. The lowest BCUT2D eigenvalue weighted by molar-refractivity contribution is -0.143. The highest BCUT2D eigenvalue weighted by Gasteiger charge is 2.24. The Hall–Kier alpha value is -2.08. The molecule has 1 saturated heterocycles. The molecule has 6 heteroatoms. The number of carboxylic acid groups (broad SMARTS) is 1.